The van der Waals surface area contributed by atoms with Gasteiger partial charge < -0.3 is 9.41 Å². The van der Waals surface area contributed by atoms with E-state index < -0.39 is 0 Å². The van der Waals surface area contributed by atoms with Crippen LogP contribution >= 0.6 is 8.58 Å². The molecule has 2 aliphatic rings. The van der Waals surface area contributed by atoms with Crippen molar-refractivity contribution in [3.05, 3.63) is 96.4 Å². The van der Waals surface area contributed by atoms with Gasteiger partial charge in [0, 0.05) is 0 Å². The fraction of sp³-hybridized carbons (Fsp3) is 0.200. The zero-order valence-corrected chi connectivity index (χ0v) is 21.1. The van der Waals surface area contributed by atoms with Crippen molar-refractivity contribution >= 4 is 30.0 Å². The SMILES string of the molecule is C1=CCC2CC[CH-]C2=C1.Cc1[cH-]c2ccccc2c1Pc1ccccc1.[F-].[F-].[Hf+4]. The first-order chi connectivity index (χ1) is 12.8. The molecule has 0 heterocycles. The smallest absolute Gasteiger partial charge is 1.00 e. The van der Waals surface area contributed by atoms with Crippen LogP contribution in [0.15, 0.2) is 84.5 Å². The van der Waals surface area contributed by atoms with Gasteiger partial charge in [-0.2, -0.15) is 0 Å². The van der Waals surface area contributed by atoms with Gasteiger partial charge in [-0.25, -0.2) is 18.1 Å². The first kappa shape index (κ1) is 25.6. The molecule has 0 aromatic heterocycles. The maximum Gasteiger partial charge on any atom is 4.00 e. The number of allylic oxidation sites excluding steroid dienone is 4. The van der Waals surface area contributed by atoms with Crippen LogP contribution in [0.5, 0.6) is 0 Å². The zero-order valence-electron chi connectivity index (χ0n) is 16.5. The Labute approximate surface area is 193 Å². The Balaban J connectivity index is 0.000000302. The molecule has 0 radical (unpaired) electrons. The molecule has 0 bridgehead atoms. The summed E-state index contributed by atoms with van der Waals surface area (Å²) in [7, 11) is 0.754. The summed E-state index contributed by atoms with van der Waals surface area (Å²) in [6.07, 6.45) is 13.0. The van der Waals surface area contributed by atoms with Gasteiger partial charge in [0.05, 0.1) is 0 Å². The van der Waals surface area contributed by atoms with Crippen LogP contribution in [0.4, 0.5) is 0 Å². The molecule has 2 atom stereocenters. The van der Waals surface area contributed by atoms with Crippen LogP contribution in [0.3, 0.4) is 0 Å². The van der Waals surface area contributed by atoms with Gasteiger partial charge in [0.1, 0.15) is 0 Å². The van der Waals surface area contributed by atoms with Gasteiger partial charge in [0.15, 0.2) is 0 Å². The average molecular weight is 573 g/mol. The molecular formula is C25H25F2HfP. The van der Waals surface area contributed by atoms with E-state index in [9.17, 15) is 0 Å². The summed E-state index contributed by atoms with van der Waals surface area (Å²) >= 11 is 0. The van der Waals surface area contributed by atoms with Gasteiger partial charge in [-0.1, -0.05) is 49.7 Å². The summed E-state index contributed by atoms with van der Waals surface area (Å²) in [5.74, 6) is 0.884. The molecular weight excluding hydrogens is 548 g/mol. The van der Waals surface area contributed by atoms with E-state index in [0.717, 1.165) is 14.5 Å². The minimum atomic E-state index is 0. The van der Waals surface area contributed by atoms with Crippen molar-refractivity contribution < 1.29 is 35.3 Å². The van der Waals surface area contributed by atoms with Crippen molar-refractivity contribution in [3.8, 4) is 0 Å². The molecule has 0 amide bonds. The topological polar surface area (TPSA) is 0 Å². The second-order valence-corrected chi connectivity index (χ2v) is 8.42. The number of benzene rings is 2. The number of aryl methyl sites for hydroxylation is 1. The van der Waals surface area contributed by atoms with E-state index in [1.54, 1.807) is 5.57 Å². The minimum absolute atomic E-state index is 0. The van der Waals surface area contributed by atoms with E-state index in [1.165, 1.54) is 46.2 Å². The van der Waals surface area contributed by atoms with Gasteiger partial charge >= 0.3 is 25.8 Å². The Morgan fingerprint density at radius 3 is 2.45 bits per heavy atom. The molecule has 1 saturated carbocycles. The van der Waals surface area contributed by atoms with Crippen molar-refractivity contribution in [1.29, 1.82) is 0 Å². The molecule has 0 spiro atoms. The Bertz CT molecular complexity index is 944. The minimum Gasteiger partial charge on any atom is -1.00 e. The molecule has 2 aliphatic carbocycles. The number of hydrogen-bond acceptors (Lipinski definition) is 0. The van der Waals surface area contributed by atoms with Crippen LogP contribution < -0.4 is 20.0 Å². The summed E-state index contributed by atoms with van der Waals surface area (Å²) in [6.45, 7) is 2.21. The predicted molar refractivity (Wildman–Crippen MR) is 117 cm³/mol. The Morgan fingerprint density at radius 1 is 0.966 bits per heavy atom. The molecule has 1 fully saturated rings. The predicted octanol–water partition coefficient (Wildman–Crippen LogP) is -0.0111. The van der Waals surface area contributed by atoms with Crippen LogP contribution in [0.25, 0.3) is 10.8 Å². The third-order valence-electron chi connectivity index (χ3n) is 5.25. The fourth-order valence-corrected chi connectivity index (χ4v) is 5.14. The van der Waals surface area contributed by atoms with Crippen LogP contribution in [0, 0.1) is 19.3 Å². The molecule has 0 N–H and O–H groups in total. The third-order valence-corrected chi connectivity index (χ3v) is 6.79. The molecule has 0 saturated heterocycles. The van der Waals surface area contributed by atoms with Crippen molar-refractivity contribution in [3.63, 3.8) is 0 Å². The molecule has 29 heavy (non-hydrogen) atoms. The van der Waals surface area contributed by atoms with Gasteiger partial charge in [-0.15, -0.1) is 73.1 Å². The second kappa shape index (κ2) is 12.3. The normalized spacial score (nSPS) is 16.4. The Morgan fingerprint density at radius 2 is 1.69 bits per heavy atom. The van der Waals surface area contributed by atoms with Crippen molar-refractivity contribution in [1.82, 2.24) is 0 Å². The number of rotatable bonds is 2. The van der Waals surface area contributed by atoms with E-state index in [0.29, 0.717) is 0 Å². The van der Waals surface area contributed by atoms with Gasteiger partial charge in [0.2, 0.25) is 0 Å². The maximum absolute atomic E-state index is 2.37. The first-order valence-corrected chi connectivity index (χ1v) is 10.5. The van der Waals surface area contributed by atoms with E-state index in [-0.39, 0.29) is 35.3 Å². The first-order valence-electron chi connectivity index (χ1n) is 9.48. The maximum atomic E-state index is 2.37. The molecule has 5 rings (SSSR count). The van der Waals surface area contributed by atoms with Crippen molar-refractivity contribution in [2.45, 2.75) is 26.2 Å². The Kier molecular flexibility index (Phi) is 10.9. The summed E-state index contributed by atoms with van der Waals surface area (Å²) < 4.78 is 0. The molecule has 3 aromatic rings. The van der Waals surface area contributed by atoms with Crippen molar-refractivity contribution in [2.75, 3.05) is 0 Å². The number of fused-ring (bicyclic) bond motifs is 2. The standard InChI is InChI=1S/C16H14P.C9H11.2FH.Hf/c1-12-11-13-7-5-6-10-15(13)16(12)17-14-8-3-2-4-9-14;1-2-5-9-7-3-6-8(9)4-1;;;/h2-11,17H,1H3;1-2,4,6,9H,3,5,7H2;2*1H;/q2*-1;;;+4/p-2. The number of hydrogen-bond donors (Lipinski definition) is 0. The van der Waals surface area contributed by atoms with Gasteiger partial charge in [-0.05, 0) is 17.6 Å². The summed E-state index contributed by atoms with van der Waals surface area (Å²) in [5, 5.41) is 5.68. The summed E-state index contributed by atoms with van der Waals surface area (Å²) in [4.78, 5) is 0. The molecule has 4 heteroatoms. The number of halogens is 2. The quantitative estimate of drug-likeness (QED) is 0.230. The summed E-state index contributed by atoms with van der Waals surface area (Å²) in [5.41, 5.74) is 2.99. The zero-order chi connectivity index (χ0) is 17.8. The van der Waals surface area contributed by atoms with E-state index >= 15 is 0 Å². The molecule has 0 nitrogen and oxygen atoms in total. The van der Waals surface area contributed by atoms with Crippen LogP contribution in [0.2, 0.25) is 0 Å². The second-order valence-electron chi connectivity index (χ2n) is 7.09. The third kappa shape index (κ3) is 6.27. The monoisotopic (exact) mass is 574 g/mol. The average Bonchev–Trinajstić information content (AvgIpc) is 3.28. The largest absolute Gasteiger partial charge is 4.00 e. The van der Waals surface area contributed by atoms with Crippen LogP contribution in [0.1, 0.15) is 24.8 Å². The molecule has 0 aliphatic heterocycles. The van der Waals surface area contributed by atoms with Crippen LogP contribution in [-0.4, -0.2) is 0 Å². The molecule has 2 unspecified atom stereocenters. The van der Waals surface area contributed by atoms with Gasteiger partial charge in [0.25, 0.3) is 0 Å². The Hall–Kier alpha value is -1.44. The van der Waals surface area contributed by atoms with Crippen molar-refractivity contribution in [2.24, 2.45) is 5.92 Å². The van der Waals surface area contributed by atoms with E-state index in [2.05, 4.69) is 92.2 Å². The van der Waals surface area contributed by atoms with Gasteiger partial charge in [-0.3, -0.25) is 0 Å². The molecule has 148 valence electrons. The summed E-state index contributed by atoms with van der Waals surface area (Å²) in [6, 6.07) is 21.7. The van der Waals surface area contributed by atoms with E-state index in [1.807, 2.05) is 0 Å². The molecule has 3 aromatic carbocycles. The van der Waals surface area contributed by atoms with Crippen LogP contribution in [-0.2, 0) is 25.8 Å². The fourth-order valence-electron chi connectivity index (χ4n) is 3.86. The van der Waals surface area contributed by atoms with E-state index in [4.69, 9.17) is 0 Å².